The van der Waals surface area contributed by atoms with Crippen LogP contribution in [-0.4, -0.2) is 22.2 Å². The van der Waals surface area contributed by atoms with Gasteiger partial charge in [0.05, 0.1) is 11.8 Å². The van der Waals surface area contributed by atoms with Gasteiger partial charge in [-0.25, -0.2) is 0 Å². The summed E-state index contributed by atoms with van der Waals surface area (Å²) in [5, 5.41) is 18.4. The highest BCUT2D eigenvalue weighted by atomic mass is 16.4. The van der Waals surface area contributed by atoms with Crippen LogP contribution in [0.25, 0.3) is 0 Å². The van der Waals surface area contributed by atoms with Crippen molar-refractivity contribution in [3.63, 3.8) is 0 Å². The molecule has 1 aliphatic rings. The van der Waals surface area contributed by atoms with E-state index in [0.29, 0.717) is 12.8 Å². The molecule has 0 aliphatic heterocycles. The van der Waals surface area contributed by atoms with Gasteiger partial charge in [-0.2, -0.15) is 0 Å². The minimum Gasteiger partial charge on any atom is -0.481 e. The van der Waals surface area contributed by atoms with Gasteiger partial charge in [0.25, 0.3) is 0 Å². The standard InChI is InChI=1S/C14H22O4/c1-7(2)9-5-11(13(15)16)12(14(17)18)6-10(9)8(3)4/h7-8,11-12H,5-6H2,1-4H3,(H,15,16)(H,17,18). The Bertz CT molecular complexity index is 343. The van der Waals surface area contributed by atoms with E-state index in [1.165, 1.54) is 0 Å². The van der Waals surface area contributed by atoms with Crippen molar-refractivity contribution in [2.75, 3.05) is 0 Å². The molecule has 18 heavy (non-hydrogen) atoms. The minimum absolute atomic E-state index is 0.277. The molecule has 1 aliphatic carbocycles. The molecule has 0 amide bonds. The van der Waals surface area contributed by atoms with Crippen molar-refractivity contribution in [1.82, 2.24) is 0 Å². The molecule has 0 heterocycles. The van der Waals surface area contributed by atoms with Crippen LogP contribution in [0.1, 0.15) is 40.5 Å². The molecule has 2 atom stereocenters. The van der Waals surface area contributed by atoms with Crippen LogP contribution < -0.4 is 0 Å². The molecule has 0 saturated heterocycles. The lowest BCUT2D eigenvalue weighted by atomic mass is 9.70. The summed E-state index contributed by atoms with van der Waals surface area (Å²) < 4.78 is 0. The van der Waals surface area contributed by atoms with E-state index >= 15 is 0 Å². The van der Waals surface area contributed by atoms with Crippen molar-refractivity contribution >= 4 is 11.9 Å². The third-order valence-corrected chi connectivity index (χ3v) is 3.81. The first-order valence-electron chi connectivity index (χ1n) is 6.43. The summed E-state index contributed by atoms with van der Waals surface area (Å²) in [4.78, 5) is 22.5. The molecule has 2 unspecified atom stereocenters. The second-order valence-electron chi connectivity index (χ2n) is 5.66. The molecular formula is C14H22O4. The van der Waals surface area contributed by atoms with Crippen LogP contribution >= 0.6 is 0 Å². The van der Waals surface area contributed by atoms with Crippen LogP contribution in [0.15, 0.2) is 11.1 Å². The summed E-state index contributed by atoms with van der Waals surface area (Å²) in [6.07, 6.45) is 0.745. The van der Waals surface area contributed by atoms with Gasteiger partial charge >= 0.3 is 11.9 Å². The molecule has 0 spiro atoms. The van der Waals surface area contributed by atoms with Gasteiger partial charge in [-0.1, -0.05) is 38.8 Å². The van der Waals surface area contributed by atoms with Crippen molar-refractivity contribution in [2.45, 2.75) is 40.5 Å². The average molecular weight is 254 g/mol. The summed E-state index contributed by atoms with van der Waals surface area (Å²) in [5.41, 5.74) is 2.27. The minimum atomic E-state index is -0.997. The van der Waals surface area contributed by atoms with Gasteiger partial charge < -0.3 is 10.2 Å². The maximum atomic E-state index is 11.2. The highest BCUT2D eigenvalue weighted by molar-refractivity contribution is 5.81. The molecular weight excluding hydrogens is 232 g/mol. The van der Waals surface area contributed by atoms with E-state index in [-0.39, 0.29) is 11.8 Å². The van der Waals surface area contributed by atoms with E-state index in [4.69, 9.17) is 0 Å². The normalized spacial score (nSPS) is 24.8. The lowest BCUT2D eigenvalue weighted by Gasteiger charge is -2.33. The molecule has 0 aromatic carbocycles. The fourth-order valence-corrected chi connectivity index (χ4v) is 2.75. The van der Waals surface area contributed by atoms with Crippen molar-refractivity contribution in [1.29, 1.82) is 0 Å². The van der Waals surface area contributed by atoms with E-state index in [9.17, 15) is 19.8 Å². The monoisotopic (exact) mass is 254 g/mol. The molecule has 4 heteroatoms. The topological polar surface area (TPSA) is 74.6 Å². The first kappa shape index (κ1) is 14.7. The lowest BCUT2D eigenvalue weighted by molar-refractivity contribution is -0.154. The SMILES string of the molecule is CC(C)C1=C(C(C)C)CC(C(=O)O)C(C(=O)O)C1. The Labute approximate surface area is 108 Å². The van der Waals surface area contributed by atoms with Gasteiger partial charge in [0.15, 0.2) is 0 Å². The van der Waals surface area contributed by atoms with E-state index in [1.54, 1.807) is 0 Å². The van der Waals surface area contributed by atoms with Gasteiger partial charge in [-0.15, -0.1) is 0 Å². The molecule has 102 valence electrons. The highest BCUT2D eigenvalue weighted by Gasteiger charge is 2.40. The van der Waals surface area contributed by atoms with Crippen molar-refractivity contribution in [3.05, 3.63) is 11.1 Å². The maximum Gasteiger partial charge on any atom is 0.307 e. The van der Waals surface area contributed by atoms with Gasteiger partial charge in [-0.05, 0) is 24.7 Å². The van der Waals surface area contributed by atoms with Crippen molar-refractivity contribution in [3.8, 4) is 0 Å². The smallest absolute Gasteiger partial charge is 0.307 e. The van der Waals surface area contributed by atoms with Crippen LogP contribution in [0.5, 0.6) is 0 Å². The predicted molar refractivity (Wildman–Crippen MR) is 68.2 cm³/mol. The number of allylic oxidation sites excluding steroid dienone is 2. The maximum absolute atomic E-state index is 11.2. The highest BCUT2D eigenvalue weighted by Crippen LogP contribution is 2.40. The van der Waals surface area contributed by atoms with E-state index in [2.05, 4.69) is 0 Å². The van der Waals surface area contributed by atoms with Gasteiger partial charge in [0.2, 0.25) is 0 Å². The van der Waals surface area contributed by atoms with Gasteiger partial charge in [0, 0.05) is 0 Å². The molecule has 0 bridgehead atoms. The van der Waals surface area contributed by atoms with E-state index in [0.717, 1.165) is 11.1 Å². The Hall–Kier alpha value is -1.32. The first-order chi connectivity index (χ1) is 8.25. The zero-order valence-electron chi connectivity index (χ0n) is 11.4. The zero-order valence-corrected chi connectivity index (χ0v) is 11.4. The van der Waals surface area contributed by atoms with Crippen LogP contribution in [0.2, 0.25) is 0 Å². The first-order valence-corrected chi connectivity index (χ1v) is 6.43. The molecule has 0 fully saturated rings. The Morgan fingerprint density at radius 1 is 0.889 bits per heavy atom. The quantitative estimate of drug-likeness (QED) is 0.756. The molecule has 0 saturated carbocycles. The number of carboxylic acids is 2. The fourth-order valence-electron chi connectivity index (χ4n) is 2.75. The third-order valence-electron chi connectivity index (χ3n) is 3.81. The molecule has 0 aromatic rings. The van der Waals surface area contributed by atoms with E-state index in [1.807, 2.05) is 27.7 Å². The Balaban J connectivity index is 3.18. The average Bonchev–Trinajstić information content (AvgIpc) is 2.26. The van der Waals surface area contributed by atoms with Crippen molar-refractivity contribution in [2.24, 2.45) is 23.7 Å². The summed E-state index contributed by atoms with van der Waals surface area (Å²) in [6, 6.07) is 0. The largest absolute Gasteiger partial charge is 0.481 e. The van der Waals surface area contributed by atoms with Crippen LogP contribution in [0.3, 0.4) is 0 Å². The summed E-state index contributed by atoms with van der Waals surface area (Å²) >= 11 is 0. The van der Waals surface area contributed by atoms with Crippen LogP contribution in [0, 0.1) is 23.7 Å². The Morgan fingerprint density at radius 3 is 1.33 bits per heavy atom. The Morgan fingerprint density at radius 2 is 1.17 bits per heavy atom. The summed E-state index contributed by atoms with van der Waals surface area (Å²) in [6.45, 7) is 8.16. The molecule has 4 nitrogen and oxygen atoms in total. The predicted octanol–water partition coefficient (Wildman–Crippen LogP) is 2.79. The zero-order chi connectivity index (χ0) is 14.0. The van der Waals surface area contributed by atoms with Crippen LogP contribution in [0.4, 0.5) is 0 Å². The Kier molecular flexibility index (Phi) is 4.54. The number of aliphatic carboxylic acids is 2. The number of hydrogen-bond acceptors (Lipinski definition) is 2. The molecule has 0 radical (unpaired) electrons. The number of rotatable bonds is 4. The fraction of sp³-hybridized carbons (Fsp3) is 0.714. The molecule has 0 aromatic heterocycles. The summed E-state index contributed by atoms with van der Waals surface area (Å²) in [7, 11) is 0. The lowest BCUT2D eigenvalue weighted by Crippen LogP contribution is -2.35. The third kappa shape index (κ3) is 2.92. The van der Waals surface area contributed by atoms with Gasteiger partial charge in [0.1, 0.15) is 0 Å². The number of hydrogen-bond donors (Lipinski definition) is 2. The summed E-state index contributed by atoms with van der Waals surface area (Å²) in [5.74, 6) is -3.02. The van der Waals surface area contributed by atoms with Crippen molar-refractivity contribution < 1.29 is 19.8 Å². The molecule has 1 rings (SSSR count). The second-order valence-corrected chi connectivity index (χ2v) is 5.66. The van der Waals surface area contributed by atoms with Gasteiger partial charge in [-0.3, -0.25) is 9.59 Å². The number of carbonyl (C=O) groups is 2. The van der Waals surface area contributed by atoms with E-state index < -0.39 is 23.8 Å². The van der Waals surface area contributed by atoms with Crippen LogP contribution in [-0.2, 0) is 9.59 Å². The molecule has 2 N–H and O–H groups in total. The second kappa shape index (κ2) is 5.55. The number of carboxylic acid groups (broad SMARTS) is 2.